The molecule has 1 N–H and O–H groups in total. The minimum absolute atomic E-state index is 0.202. The summed E-state index contributed by atoms with van der Waals surface area (Å²) in [5, 5.41) is 4.92. The molecule has 1 aromatic heterocycles. The first-order valence-electron chi connectivity index (χ1n) is 4.79. The molecule has 0 aliphatic rings. The fourth-order valence-electron chi connectivity index (χ4n) is 1.35. The number of thiazole rings is 1. The number of halogens is 1. The molecular weight excluding hydrogens is 243 g/mol. The zero-order valence-corrected chi connectivity index (χ0v) is 10.4. The first-order valence-corrected chi connectivity index (χ1v) is 6.49. The third-order valence-corrected chi connectivity index (χ3v) is 3.78. The van der Waals surface area contributed by atoms with Crippen molar-refractivity contribution in [2.75, 3.05) is 7.05 Å². The van der Waals surface area contributed by atoms with Gasteiger partial charge in [0.05, 0.1) is 0 Å². The number of nitrogens with one attached hydrogen (secondary N) is 1. The van der Waals surface area contributed by atoms with Gasteiger partial charge in [-0.3, -0.25) is 0 Å². The third-order valence-electron chi connectivity index (χ3n) is 1.93. The first kappa shape index (κ1) is 11.6. The van der Waals surface area contributed by atoms with Gasteiger partial charge in [-0.1, -0.05) is 11.8 Å². The second kappa shape index (κ2) is 5.43. The summed E-state index contributed by atoms with van der Waals surface area (Å²) in [6, 6.07) is 5.05. The molecule has 5 heteroatoms. The Morgan fingerprint density at radius 1 is 1.44 bits per heavy atom. The van der Waals surface area contributed by atoms with E-state index < -0.39 is 0 Å². The van der Waals surface area contributed by atoms with Crippen molar-refractivity contribution in [3.05, 3.63) is 41.2 Å². The predicted octanol–water partition coefficient (Wildman–Crippen LogP) is 3.15. The van der Waals surface area contributed by atoms with Crippen LogP contribution in [-0.4, -0.2) is 12.0 Å². The molecule has 0 fully saturated rings. The Morgan fingerprint density at radius 2 is 2.31 bits per heavy atom. The topological polar surface area (TPSA) is 24.9 Å². The van der Waals surface area contributed by atoms with Gasteiger partial charge >= 0.3 is 0 Å². The molecule has 16 heavy (non-hydrogen) atoms. The van der Waals surface area contributed by atoms with Crippen LogP contribution in [0.5, 0.6) is 0 Å². The van der Waals surface area contributed by atoms with E-state index in [0.717, 1.165) is 14.8 Å². The molecule has 1 aromatic carbocycles. The molecule has 84 valence electrons. The Morgan fingerprint density at radius 3 is 3.00 bits per heavy atom. The van der Waals surface area contributed by atoms with E-state index >= 15 is 0 Å². The summed E-state index contributed by atoms with van der Waals surface area (Å²) in [5.74, 6) is -0.202. The Balaban J connectivity index is 2.20. The lowest BCUT2D eigenvalue weighted by Crippen LogP contribution is -2.05. The molecule has 0 unspecified atom stereocenters. The van der Waals surface area contributed by atoms with Gasteiger partial charge in [0.25, 0.3) is 0 Å². The third kappa shape index (κ3) is 3.04. The molecule has 2 nitrogen and oxygen atoms in total. The molecule has 0 atom stereocenters. The SMILES string of the molecule is CNCc1cc(F)cc(Sc2nccs2)c1. The number of rotatable bonds is 4. The fourth-order valence-corrected chi connectivity index (χ4v) is 3.05. The average molecular weight is 254 g/mol. The van der Waals surface area contributed by atoms with Gasteiger partial charge in [0.2, 0.25) is 0 Å². The van der Waals surface area contributed by atoms with Crippen LogP contribution in [0.2, 0.25) is 0 Å². The van der Waals surface area contributed by atoms with E-state index in [2.05, 4.69) is 10.3 Å². The molecule has 1 heterocycles. The summed E-state index contributed by atoms with van der Waals surface area (Å²) in [7, 11) is 1.85. The van der Waals surface area contributed by atoms with E-state index in [1.54, 1.807) is 23.6 Å². The molecule has 0 bridgehead atoms. The van der Waals surface area contributed by atoms with Crippen LogP contribution < -0.4 is 5.32 Å². The van der Waals surface area contributed by atoms with E-state index in [0.29, 0.717) is 6.54 Å². The van der Waals surface area contributed by atoms with Crippen LogP contribution in [0.15, 0.2) is 39.0 Å². The van der Waals surface area contributed by atoms with Gasteiger partial charge in [0.15, 0.2) is 4.34 Å². The molecule has 0 amide bonds. The molecule has 2 rings (SSSR count). The number of nitrogens with zero attached hydrogens (tertiary/aromatic N) is 1. The van der Waals surface area contributed by atoms with E-state index in [1.807, 2.05) is 18.5 Å². The quantitative estimate of drug-likeness (QED) is 0.907. The Kier molecular flexibility index (Phi) is 3.93. The highest BCUT2D eigenvalue weighted by Crippen LogP contribution is 2.30. The Labute approximate surface area is 102 Å². The van der Waals surface area contributed by atoms with Crippen LogP contribution >= 0.6 is 23.1 Å². The van der Waals surface area contributed by atoms with Crippen LogP contribution in [-0.2, 0) is 6.54 Å². The van der Waals surface area contributed by atoms with Crippen molar-refractivity contribution < 1.29 is 4.39 Å². The predicted molar refractivity (Wildman–Crippen MR) is 65.4 cm³/mol. The molecule has 0 saturated heterocycles. The van der Waals surface area contributed by atoms with Crippen molar-refractivity contribution in [1.82, 2.24) is 10.3 Å². The highest BCUT2D eigenvalue weighted by Gasteiger charge is 2.04. The van der Waals surface area contributed by atoms with Crippen LogP contribution in [0, 0.1) is 5.82 Å². The van der Waals surface area contributed by atoms with Crippen molar-refractivity contribution in [1.29, 1.82) is 0 Å². The first-order chi connectivity index (χ1) is 7.78. The van der Waals surface area contributed by atoms with Crippen LogP contribution in [0.3, 0.4) is 0 Å². The highest BCUT2D eigenvalue weighted by molar-refractivity contribution is 8.01. The maximum Gasteiger partial charge on any atom is 0.154 e. The molecule has 2 aromatic rings. The average Bonchev–Trinajstić information content (AvgIpc) is 2.70. The van der Waals surface area contributed by atoms with Crippen molar-refractivity contribution >= 4 is 23.1 Å². The van der Waals surface area contributed by atoms with E-state index in [4.69, 9.17) is 0 Å². The number of hydrogen-bond acceptors (Lipinski definition) is 4. The van der Waals surface area contributed by atoms with Crippen molar-refractivity contribution in [3.8, 4) is 0 Å². The van der Waals surface area contributed by atoms with Gasteiger partial charge in [0, 0.05) is 23.0 Å². The van der Waals surface area contributed by atoms with Gasteiger partial charge in [-0.15, -0.1) is 11.3 Å². The zero-order valence-electron chi connectivity index (χ0n) is 8.74. The largest absolute Gasteiger partial charge is 0.316 e. The van der Waals surface area contributed by atoms with Crippen LogP contribution in [0.25, 0.3) is 0 Å². The summed E-state index contributed by atoms with van der Waals surface area (Å²) in [6.45, 7) is 0.670. The maximum atomic E-state index is 13.3. The summed E-state index contributed by atoms with van der Waals surface area (Å²) >= 11 is 3.04. The van der Waals surface area contributed by atoms with E-state index in [-0.39, 0.29) is 5.82 Å². The summed E-state index contributed by atoms with van der Waals surface area (Å²) in [4.78, 5) is 5.05. The van der Waals surface area contributed by atoms with Crippen molar-refractivity contribution in [3.63, 3.8) is 0 Å². The molecule has 0 aliphatic carbocycles. The molecule has 0 saturated carbocycles. The van der Waals surface area contributed by atoms with Gasteiger partial charge in [0.1, 0.15) is 5.82 Å². The summed E-state index contributed by atoms with van der Waals surface area (Å²) in [5.41, 5.74) is 0.946. The zero-order chi connectivity index (χ0) is 11.4. The van der Waals surface area contributed by atoms with Gasteiger partial charge in [-0.05, 0) is 30.8 Å². The van der Waals surface area contributed by atoms with Crippen molar-refractivity contribution in [2.24, 2.45) is 0 Å². The van der Waals surface area contributed by atoms with Crippen molar-refractivity contribution in [2.45, 2.75) is 15.8 Å². The monoisotopic (exact) mass is 254 g/mol. The molecule has 0 aliphatic heterocycles. The highest BCUT2D eigenvalue weighted by atomic mass is 32.2. The minimum Gasteiger partial charge on any atom is -0.316 e. The molecule has 0 radical (unpaired) electrons. The second-order valence-corrected chi connectivity index (χ2v) is 5.44. The lowest BCUT2D eigenvalue weighted by molar-refractivity contribution is 0.619. The van der Waals surface area contributed by atoms with Crippen LogP contribution in [0.4, 0.5) is 4.39 Å². The van der Waals surface area contributed by atoms with Gasteiger partial charge < -0.3 is 5.32 Å². The van der Waals surface area contributed by atoms with E-state index in [1.165, 1.54) is 17.8 Å². The number of aromatic nitrogens is 1. The Hall–Kier alpha value is -0.910. The second-order valence-electron chi connectivity index (χ2n) is 3.23. The number of benzene rings is 1. The Bertz CT molecular complexity index is 457. The molecular formula is C11H11FN2S2. The minimum atomic E-state index is -0.202. The lowest BCUT2D eigenvalue weighted by atomic mass is 10.2. The van der Waals surface area contributed by atoms with Gasteiger partial charge in [-0.25, -0.2) is 9.37 Å². The molecule has 0 spiro atoms. The van der Waals surface area contributed by atoms with Crippen LogP contribution in [0.1, 0.15) is 5.56 Å². The maximum absolute atomic E-state index is 13.3. The van der Waals surface area contributed by atoms with Gasteiger partial charge in [-0.2, -0.15) is 0 Å². The normalized spacial score (nSPS) is 10.6. The fraction of sp³-hybridized carbons (Fsp3) is 0.182. The smallest absolute Gasteiger partial charge is 0.154 e. The summed E-state index contributed by atoms with van der Waals surface area (Å²) in [6.07, 6.45) is 1.75. The van der Waals surface area contributed by atoms with E-state index in [9.17, 15) is 4.39 Å². The number of hydrogen-bond donors (Lipinski definition) is 1. The standard InChI is InChI=1S/C11H11FN2S2/c1-13-7-8-4-9(12)6-10(5-8)16-11-14-2-3-15-11/h2-6,13H,7H2,1H3. The lowest BCUT2D eigenvalue weighted by Gasteiger charge is -2.04. The summed E-state index contributed by atoms with van der Waals surface area (Å²) < 4.78 is 14.3.